The van der Waals surface area contributed by atoms with Gasteiger partial charge in [-0.25, -0.2) is 0 Å². The largest absolute Gasteiger partial charge is 0.394 e. The molecule has 0 saturated carbocycles. The molecular formula is C14H25N3O2. The molecule has 0 bridgehead atoms. The van der Waals surface area contributed by atoms with Gasteiger partial charge in [0.25, 0.3) is 0 Å². The number of nitrogens with zero attached hydrogens (tertiary/aromatic N) is 3. The summed E-state index contributed by atoms with van der Waals surface area (Å²) in [5, 5.41) is 13.2. The van der Waals surface area contributed by atoms with Gasteiger partial charge in [0.15, 0.2) is 0 Å². The minimum atomic E-state index is 0.120. The minimum Gasteiger partial charge on any atom is -0.394 e. The number of hydrogen-bond acceptors (Lipinski definition) is 4. The van der Waals surface area contributed by atoms with Gasteiger partial charge in [0.2, 0.25) is 0 Å². The van der Waals surface area contributed by atoms with Crippen LogP contribution in [0.3, 0.4) is 0 Å². The van der Waals surface area contributed by atoms with Crippen molar-refractivity contribution in [2.75, 3.05) is 26.3 Å². The molecule has 2 heterocycles. The molecular weight excluding hydrogens is 242 g/mol. The first-order valence-electron chi connectivity index (χ1n) is 7.21. The fraction of sp³-hybridized carbons (Fsp3) is 0.786. The first-order chi connectivity index (χ1) is 9.22. The van der Waals surface area contributed by atoms with Crippen LogP contribution in [0.5, 0.6) is 0 Å². The first kappa shape index (κ1) is 14.5. The molecule has 19 heavy (non-hydrogen) atoms. The minimum absolute atomic E-state index is 0.120. The molecule has 1 aromatic heterocycles. The summed E-state index contributed by atoms with van der Waals surface area (Å²) in [7, 11) is 0. The smallest absolute Gasteiger partial charge is 0.0701 e. The highest BCUT2D eigenvalue weighted by Gasteiger charge is 2.20. The van der Waals surface area contributed by atoms with Gasteiger partial charge in [-0.1, -0.05) is 0 Å². The fourth-order valence-corrected chi connectivity index (χ4v) is 2.68. The van der Waals surface area contributed by atoms with Gasteiger partial charge in [-0.2, -0.15) is 5.10 Å². The maximum atomic E-state index is 8.76. The van der Waals surface area contributed by atoms with Gasteiger partial charge < -0.3 is 9.84 Å². The van der Waals surface area contributed by atoms with E-state index in [1.54, 1.807) is 0 Å². The van der Waals surface area contributed by atoms with Gasteiger partial charge in [0.05, 0.1) is 30.7 Å². The highest BCUT2D eigenvalue weighted by molar-refractivity contribution is 5.09. The van der Waals surface area contributed by atoms with E-state index in [1.807, 2.05) is 6.92 Å². The molecule has 2 rings (SSSR count). The van der Waals surface area contributed by atoms with Crippen molar-refractivity contribution >= 4 is 0 Å². The molecule has 1 aromatic rings. The topological polar surface area (TPSA) is 50.5 Å². The van der Waals surface area contributed by atoms with Gasteiger partial charge in [-0.05, 0) is 32.8 Å². The Morgan fingerprint density at radius 3 is 2.79 bits per heavy atom. The molecule has 0 aromatic carbocycles. The normalized spacial score (nSPS) is 18.1. The Morgan fingerprint density at radius 2 is 2.16 bits per heavy atom. The average molecular weight is 267 g/mol. The molecule has 1 aliphatic heterocycles. The van der Waals surface area contributed by atoms with Crippen LogP contribution in [-0.4, -0.2) is 52.2 Å². The van der Waals surface area contributed by atoms with Crippen LogP contribution < -0.4 is 0 Å². The summed E-state index contributed by atoms with van der Waals surface area (Å²) >= 11 is 0. The van der Waals surface area contributed by atoms with Crippen LogP contribution in [0.1, 0.15) is 31.2 Å². The van der Waals surface area contributed by atoms with Crippen LogP contribution in [0.2, 0.25) is 0 Å². The lowest BCUT2D eigenvalue weighted by Gasteiger charge is -2.31. The van der Waals surface area contributed by atoms with Crippen molar-refractivity contribution in [3.8, 4) is 0 Å². The van der Waals surface area contributed by atoms with E-state index in [1.165, 1.54) is 5.69 Å². The second-order valence-corrected chi connectivity index (χ2v) is 5.16. The Morgan fingerprint density at radius 1 is 1.42 bits per heavy atom. The lowest BCUT2D eigenvalue weighted by molar-refractivity contribution is -0.00937. The van der Waals surface area contributed by atoms with Crippen LogP contribution in [0, 0.1) is 6.92 Å². The SMILES string of the molecule is CCn1nc(C)cc1CN1CCC(OCCO)CC1. The lowest BCUT2D eigenvalue weighted by atomic mass is 10.1. The van der Waals surface area contributed by atoms with E-state index in [9.17, 15) is 0 Å². The van der Waals surface area contributed by atoms with Crippen molar-refractivity contribution in [3.63, 3.8) is 0 Å². The number of ether oxygens (including phenoxy) is 1. The predicted octanol–water partition coefficient (Wildman–Crippen LogP) is 1.18. The summed E-state index contributed by atoms with van der Waals surface area (Å²) in [5.74, 6) is 0. The van der Waals surface area contributed by atoms with Crippen molar-refractivity contribution in [1.82, 2.24) is 14.7 Å². The van der Waals surface area contributed by atoms with Gasteiger partial charge in [-0.15, -0.1) is 0 Å². The van der Waals surface area contributed by atoms with Crippen LogP contribution in [0.15, 0.2) is 6.07 Å². The molecule has 1 N–H and O–H groups in total. The number of aryl methyl sites for hydroxylation is 2. The third-order valence-corrected chi connectivity index (χ3v) is 3.65. The summed E-state index contributed by atoms with van der Waals surface area (Å²) in [6.45, 7) is 8.78. The van der Waals surface area contributed by atoms with Gasteiger partial charge >= 0.3 is 0 Å². The third-order valence-electron chi connectivity index (χ3n) is 3.65. The zero-order chi connectivity index (χ0) is 13.7. The number of hydrogen-bond donors (Lipinski definition) is 1. The van der Waals surface area contributed by atoms with E-state index >= 15 is 0 Å². The maximum Gasteiger partial charge on any atom is 0.0701 e. The predicted molar refractivity (Wildman–Crippen MR) is 74.0 cm³/mol. The summed E-state index contributed by atoms with van der Waals surface area (Å²) in [6, 6.07) is 2.18. The maximum absolute atomic E-state index is 8.76. The lowest BCUT2D eigenvalue weighted by Crippen LogP contribution is -2.37. The van der Waals surface area contributed by atoms with E-state index in [4.69, 9.17) is 9.84 Å². The number of aromatic nitrogens is 2. The number of aliphatic hydroxyl groups is 1. The Kier molecular flexibility index (Phi) is 5.36. The van der Waals surface area contributed by atoms with Crippen molar-refractivity contribution in [2.24, 2.45) is 0 Å². The third kappa shape index (κ3) is 4.03. The van der Waals surface area contributed by atoms with E-state index in [0.29, 0.717) is 12.7 Å². The number of piperidine rings is 1. The van der Waals surface area contributed by atoms with Crippen LogP contribution in [0.25, 0.3) is 0 Å². The zero-order valence-corrected chi connectivity index (χ0v) is 12.0. The fourth-order valence-electron chi connectivity index (χ4n) is 2.68. The molecule has 1 fully saturated rings. The van der Waals surface area contributed by atoms with E-state index in [0.717, 1.165) is 44.7 Å². The van der Waals surface area contributed by atoms with Crippen LogP contribution >= 0.6 is 0 Å². The molecule has 1 aliphatic rings. The summed E-state index contributed by atoms with van der Waals surface area (Å²) in [5.41, 5.74) is 2.40. The Labute approximate surface area is 115 Å². The van der Waals surface area contributed by atoms with E-state index in [2.05, 4.69) is 27.7 Å². The van der Waals surface area contributed by atoms with Gasteiger partial charge in [-0.3, -0.25) is 9.58 Å². The monoisotopic (exact) mass is 267 g/mol. The highest BCUT2D eigenvalue weighted by atomic mass is 16.5. The Hall–Kier alpha value is -0.910. The average Bonchev–Trinajstić information content (AvgIpc) is 2.78. The molecule has 1 saturated heterocycles. The number of aliphatic hydroxyl groups excluding tert-OH is 1. The summed E-state index contributed by atoms with van der Waals surface area (Å²) in [6.07, 6.45) is 2.43. The second kappa shape index (κ2) is 7.03. The van der Waals surface area contributed by atoms with Crippen molar-refractivity contribution in [2.45, 2.75) is 45.9 Å². The van der Waals surface area contributed by atoms with Crippen LogP contribution in [-0.2, 0) is 17.8 Å². The van der Waals surface area contributed by atoms with E-state index < -0.39 is 0 Å². The van der Waals surface area contributed by atoms with Crippen molar-refractivity contribution < 1.29 is 9.84 Å². The molecule has 5 heteroatoms. The summed E-state index contributed by atoms with van der Waals surface area (Å²) < 4.78 is 7.67. The molecule has 0 aliphatic carbocycles. The zero-order valence-electron chi connectivity index (χ0n) is 12.0. The molecule has 108 valence electrons. The molecule has 0 unspecified atom stereocenters. The second-order valence-electron chi connectivity index (χ2n) is 5.16. The first-order valence-corrected chi connectivity index (χ1v) is 7.21. The molecule has 0 radical (unpaired) electrons. The van der Waals surface area contributed by atoms with Crippen molar-refractivity contribution in [1.29, 1.82) is 0 Å². The van der Waals surface area contributed by atoms with Gasteiger partial charge in [0.1, 0.15) is 0 Å². The van der Waals surface area contributed by atoms with Crippen molar-refractivity contribution in [3.05, 3.63) is 17.5 Å². The molecule has 0 spiro atoms. The van der Waals surface area contributed by atoms with Gasteiger partial charge in [0, 0.05) is 26.2 Å². The number of likely N-dealkylation sites (tertiary alicyclic amines) is 1. The quantitative estimate of drug-likeness (QED) is 0.841. The number of rotatable bonds is 6. The Bertz CT molecular complexity index is 384. The molecule has 0 amide bonds. The highest BCUT2D eigenvalue weighted by Crippen LogP contribution is 2.16. The summed E-state index contributed by atoms with van der Waals surface area (Å²) in [4.78, 5) is 2.46. The van der Waals surface area contributed by atoms with Crippen LogP contribution in [0.4, 0.5) is 0 Å². The Balaban J connectivity index is 1.81. The molecule has 0 atom stereocenters. The van der Waals surface area contributed by atoms with E-state index in [-0.39, 0.29) is 6.61 Å². The standard InChI is InChI=1S/C14H25N3O2/c1-3-17-13(10-12(2)15-17)11-16-6-4-14(5-7-16)19-9-8-18/h10,14,18H,3-9,11H2,1-2H3. The molecule has 5 nitrogen and oxygen atoms in total.